The molecular formula is C13H16N4O3. The molecule has 0 fully saturated rings. The van der Waals surface area contributed by atoms with Crippen molar-refractivity contribution in [2.45, 2.75) is 13.8 Å². The minimum Gasteiger partial charge on any atom is -0.480 e. The molecule has 0 aliphatic heterocycles. The zero-order valence-electron chi connectivity index (χ0n) is 11.4. The number of rotatable bonds is 5. The molecule has 0 aromatic carbocycles. The summed E-state index contributed by atoms with van der Waals surface area (Å²) >= 11 is 0. The van der Waals surface area contributed by atoms with Crippen LogP contribution in [0.15, 0.2) is 24.7 Å². The third-order valence-electron chi connectivity index (χ3n) is 2.74. The lowest BCUT2D eigenvalue weighted by Gasteiger charge is -2.22. The van der Waals surface area contributed by atoms with Gasteiger partial charge < -0.3 is 10.0 Å². The lowest BCUT2D eigenvalue weighted by molar-refractivity contribution is -0.137. The second-order valence-corrected chi connectivity index (χ2v) is 4.99. The van der Waals surface area contributed by atoms with E-state index in [4.69, 9.17) is 5.11 Å². The van der Waals surface area contributed by atoms with Gasteiger partial charge >= 0.3 is 5.97 Å². The van der Waals surface area contributed by atoms with E-state index in [1.807, 2.05) is 13.8 Å². The van der Waals surface area contributed by atoms with Gasteiger partial charge in [0.2, 0.25) is 0 Å². The molecule has 106 valence electrons. The summed E-state index contributed by atoms with van der Waals surface area (Å²) in [5.74, 6) is -1.14. The van der Waals surface area contributed by atoms with E-state index in [-0.39, 0.29) is 18.4 Å². The van der Waals surface area contributed by atoms with Crippen molar-refractivity contribution in [1.82, 2.24) is 19.5 Å². The Morgan fingerprint density at radius 3 is 2.80 bits per heavy atom. The molecule has 7 heteroatoms. The number of amides is 1. The molecule has 2 aromatic heterocycles. The second kappa shape index (κ2) is 5.68. The number of carboxylic acids is 1. The smallest absolute Gasteiger partial charge is 0.323 e. The summed E-state index contributed by atoms with van der Waals surface area (Å²) in [6, 6.07) is 3.30. The maximum Gasteiger partial charge on any atom is 0.323 e. The first-order chi connectivity index (χ1) is 9.47. The molecule has 1 amide bonds. The molecule has 2 aromatic rings. The van der Waals surface area contributed by atoms with Gasteiger partial charge in [0.1, 0.15) is 12.9 Å². The van der Waals surface area contributed by atoms with Gasteiger partial charge in [-0.25, -0.2) is 0 Å². The fraction of sp³-hybridized carbons (Fsp3) is 0.385. The molecule has 0 unspecified atom stereocenters. The van der Waals surface area contributed by atoms with Crippen LogP contribution in [0.25, 0.3) is 5.65 Å². The van der Waals surface area contributed by atoms with Crippen LogP contribution in [0.1, 0.15) is 24.2 Å². The Balaban J connectivity index is 2.26. The SMILES string of the molecule is CC(C)CN(CC(=O)O)C(=O)c1ccc2nncn2c1. The summed E-state index contributed by atoms with van der Waals surface area (Å²) in [7, 11) is 0. The van der Waals surface area contributed by atoms with Gasteiger partial charge in [0, 0.05) is 12.7 Å². The first kappa shape index (κ1) is 14.0. The van der Waals surface area contributed by atoms with E-state index in [0.717, 1.165) is 0 Å². The molecule has 1 N–H and O–H groups in total. The average Bonchev–Trinajstić information content (AvgIpc) is 2.83. The van der Waals surface area contributed by atoms with Crippen molar-refractivity contribution in [2.75, 3.05) is 13.1 Å². The molecule has 0 aliphatic carbocycles. The maximum atomic E-state index is 12.4. The van der Waals surface area contributed by atoms with Gasteiger partial charge in [0.15, 0.2) is 5.65 Å². The third-order valence-corrected chi connectivity index (χ3v) is 2.74. The molecule has 2 heterocycles. The Labute approximate surface area is 115 Å². The molecule has 0 saturated carbocycles. The van der Waals surface area contributed by atoms with Crippen molar-refractivity contribution >= 4 is 17.5 Å². The topological polar surface area (TPSA) is 87.8 Å². The Hall–Kier alpha value is -2.44. The highest BCUT2D eigenvalue weighted by Gasteiger charge is 2.20. The Morgan fingerprint density at radius 2 is 2.15 bits per heavy atom. The van der Waals surface area contributed by atoms with E-state index in [0.29, 0.717) is 17.8 Å². The number of pyridine rings is 1. The fourth-order valence-corrected chi connectivity index (χ4v) is 1.96. The largest absolute Gasteiger partial charge is 0.480 e. The van der Waals surface area contributed by atoms with Gasteiger partial charge in [0.05, 0.1) is 5.56 Å². The van der Waals surface area contributed by atoms with Crippen molar-refractivity contribution in [1.29, 1.82) is 0 Å². The predicted octanol–water partition coefficient (Wildman–Crippen LogP) is 0.912. The first-order valence-electron chi connectivity index (χ1n) is 6.28. The van der Waals surface area contributed by atoms with Crippen LogP contribution in [0.3, 0.4) is 0 Å². The van der Waals surface area contributed by atoms with Crippen LogP contribution in [0, 0.1) is 5.92 Å². The standard InChI is InChI=1S/C13H16N4O3/c1-9(2)5-16(7-12(18)19)13(20)10-3-4-11-15-14-8-17(11)6-10/h3-4,6,8-9H,5,7H2,1-2H3,(H,18,19). The van der Waals surface area contributed by atoms with E-state index in [2.05, 4.69) is 10.2 Å². The molecule has 0 atom stereocenters. The molecule has 2 rings (SSSR count). The van der Waals surface area contributed by atoms with Crippen molar-refractivity contribution in [3.05, 3.63) is 30.2 Å². The molecule has 0 radical (unpaired) electrons. The third kappa shape index (κ3) is 3.11. The molecule has 0 aliphatic rings. The Morgan fingerprint density at radius 1 is 1.40 bits per heavy atom. The van der Waals surface area contributed by atoms with Crippen molar-refractivity contribution in [3.8, 4) is 0 Å². The number of aliphatic carboxylic acids is 1. The van der Waals surface area contributed by atoms with Crippen LogP contribution < -0.4 is 0 Å². The van der Waals surface area contributed by atoms with E-state index in [1.54, 1.807) is 22.7 Å². The van der Waals surface area contributed by atoms with Gasteiger partial charge in [-0.3, -0.25) is 14.0 Å². The van der Waals surface area contributed by atoms with E-state index in [1.165, 1.54) is 11.2 Å². The lowest BCUT2D eigenvalue weighted by atomic mass is 10.1. The Bertz CT molecular complexity index is 635. The maximum absolute atomic E-state index is 12.4. The van der Waals surface area contributed by atoms with Crippen molar-refractivity contribution in [3.63, 3.8) is 0 Å². The highest BCUT2D eigenvalue weighted by Crippen LogP contribution is 2.09. The number of nitrogens with zero attached hydrogens (tertiary/aromatic N) is 4. The monoisotopic (exact) mass is 276 g/mol. The number of hydrogen-bond donors (Lipinski definition) is 1. The summed E-state index contributed by atoms with van der Waals surface area (Å²) < 4.78 is 1.63. The van der Waals surface area contributed by atoms with E-state index >= 15 is 0 Å². The molecule has 0 saturated heterocycles. The van der Waals surface area contributed by atoms with E-state index in [9.17, 15) is 9.59 Å². The highest BCUT2D eigenvalue weighted by molar-refractivity contribution is 5.95. The number of fused-ring (bicyclic) bond motifs is 1. The molecule has 0 bridgehead atoms. The van der Waals surface area contributed by atoms with Crippen molar-refractivity contribution < 1.29 is 14.7 Å². The van der Waals surface area contributed by atoms with E-state index < -0.39 is 5.97 Å². The summed E-state index contributed by atoms with van der Waals surface area (Å²) in [6.45, 7) is 3.96. The molecule has 7 nitrogen and oxygen atoms in total. The predicted molar refractivity (Wildman–Crippen MR) is 71.4 cm³/mol. The van der Waals surface area contributed by atoms with Crippen LogP contribution >= 0.6 is 0 Å². The minimum absolute atomic E-state index is 0.192. The zero-order chi connectivity index (χ0) is 14.7. The number of aromatic nitrogens is 3. The molecule has 20 heavy (non-hydrogen) atoms. The summed E-state index contributed by atoms with van der Waals surface area (Å²) in [4.78, 5) is 24.6. The van der Waals surface area contributed by atoms with Crippen LogP contribution in [-0.4, -0.2) is 49.6 Å². The lowest BCUT2D eigenvalue weighted by Crippen LogP contribution is -2.38. The Kier molecular flexibility index (Phi) is 3.97. The van der Waals surface area contributed by atoms with Crippen LogP contribution in [0.5, 0.6) is 0 Å². The van der Waals surface area contributed by atoms with Crippen molar-refractivity contribution in [2.24, 2.45) is 5.92 Å². The van der Waals surface area contributed by atoms with Gasteiger partial charge in [0.25, 0.3) is 5.91 Å². The normalized spacial score (nSPS) is 10.9. The number of carbonyl (C=O) groups is 2. The number of hydrogen-bond acceptors (Lipinski definition) is 4. The van der Waals surface area contributed by atoms with Gasteiger partial charge in [-0.2, -0.15) is 0 Å². The fourth-order valence-electron chi connectivity index (χ4n) is 1.96. The molecule has 0 spiro atoms. The minimum atomic E-state index is -1.02. The second-order valence-electron chi connectivity index (χ2n) is 4.99. The van der Waals surface area contributed by atoms with Crippen LogP contribution in [-0.2, 0) is 4.79 Å². The van der Waals surface area contributed by atoms with Gasteiger partial charge in [-0.15, -0.1) is 10.2 Å². The van der Waals surface area contributed by atoms with Crippen LogP contribution in [0.2, 0.25) is 0 Å². The van der Waals surface area contributed by atoms with Gasteiger partial charge in [-0.05, 0) is 18.1 Å². The quantitative estimate of drug-likeness (QED) is 0.877. The highest BCUT2D eigenvalue weighted by atomic mass is 16.4. The molecular weight excluding hydrogens is 260 g/mol. The zero-order valence-corrected chi connectivity index (χ0v) is 11.4. The number of carbonyl (C=O) groups excluding carboxylic acids is 1. The van der Waals surface area contributed by atoms with Crippen LogP contribution in [0.4, 0.5) is 0 Å². The first-order valence-corrected chi connectivity index (χ1v) is 6.28. The summed E-state index contributed by atoms with van der Waals surface area (Å²) in [5, 5.41) is 16.5. The summed E-state index contributed by atoms with van der Waals surface area (Å²) in [5.41, 5.74) is 1.05. The average molecular weight is 276 g/mol. The number of carboxylic acid groups (broad SMARTS) is 1. The van der Waals surface area contributed by atoms with Gasteiger partial charge in [-0.1, -0.05) is 13.8 Å². The summed E-state index contributed by atoms with van der Waals surface area (Å²) in [6.07, 6.45) is 3.10.